The van der Waals surface area contributed by atoms with Gasteiger partial charge < -0.3 is 9.30 Å². The first kappa shape index (κ1) is 14.4. The van der Waals surface area contributed by atoms with Crippen LogP contribution in [0, 0.1) is 13.8 Å². The zero-order chi connectivity index (χ0) is 15.7. The second kappa shape index (κ2) is 5.68. The molecule has 0 atom stereocenters. The summed E-state index contributed by atoms with van der Waals surface area (Å²) in [5, 5.41) is 1.05. The van der Waals surface area contributed by atoms with Gasteiger partial charge in [-0.25, -0.2) is 0 Å². The van der Waals surface area contributed by atoms with Crippen LogP contribution in [0.25, 0.3) is 10.9 Å². The van der Waals surface area contributed by atoms with E-state index in [2.05, 4.69) is 31.2 Å². The molecule has 0 N–H and O–H groups in total. The third kappa shape index (κ3) is 2.50. The number of pyridine rings is 1. The molecule has 0 aliphatic heterocycles. The molecular weight excluding hydrogens is 274 g/mol. The molecule has 0 bridgehead atoms. The van der Waals surface area contributed by atoms with Crippen LogP contribution in [0.3, 0.4) is 0 Å². The Balaban J connectivity index is 2.24. The highest BCUT2D eigenvalue weighted by molar-refractivity contribution is 5.87. The minimum absolute atomic E-state index is 0.00456. The fraction of sp³-hybridized carbons (Fsp3) is 0.211. The van der Waals surface area contributed by atoms with Crippen LogP contribution in [0.1, 0.15) is 16.7 Å². The largest absolute Gasteiger partial charge is 0.495 e. The third-order valence-electron chi connectivity index (χ3n) is 3.98. The van der Waals surface area contributed by atoms with Gasteiger partial charge in [-0.2, -0.15) is 0 Å². The number of nitrogens with zero attached hydrogens (tertiary/aromatic N) is 1. The average molecular weight is 293 g/mol. The highest BCUT2D eigenvalue weighted by Gasteiger charge is 2.11. The first-order chi connectivity index (χ1) is 10.6. The molecule has 112 valence electrons. The van der Waals surface area contributed by atoms with E-state index < -0.39 is 0 Å². The highest BCUT2D eigenvalue weighted by atomic mass is 16.5. The summed E-state index contributed by atoms with van der Waals surface area (Å²) in [6.07, 6.45) is 0. The molecule has 0 aliphatic carbocycles. The average Bonchev–Trinajstić information content (AvgIpc) is 2.52. The van der Waals surface area contributed by atoms with Crippen LogP contribution in [-0.2, 0) is 6.54 Å². The van der Waals surface area contributed by atoms with Gasteiger partial charge in [0.25, 0.3) is 5.56 Å². The van der Waals surface area contributed by atoms with Crippen molar-refractivity contribution in [3.63, 3.8) is 0 Å². The summed E-state index contributed by atoms with van der Waals surface area (Å²) in [5.41, 5.74) is 4.14. The van der Waals surface area contributed by atoms with Crippen LogP contribution in [0.4, 0.5) is 0 Å². The van der Waals surface area contributed by atoms with Gasteiger partial charge in [-0.3, -0.25) is 4.79 Å². The minimum Gasteiger partial charge on any atom is -0.495 e. The number of benzene rings is 2. The summed E-state index contributed by atoms with van der Waals surface area (Å²) in [7, 11) is 1.64. The van der Waals surface area contributed by atoms with E-state index in [1.165, 1.54) is 5.56 Å². The first-order valence-corrected chi connectivity index (χ1v) is 7.33. The maximum atomic E-state index is 12.5. The van der Waals surface area contributed by atoms with Gasteiger partial charge in [-0.05, 0) is 31.0 Å². The summed E-state index contributed by atoms with van der Waals surface area (Å²) in [6.45, 7) is 4.55. The molecule has 0 saturated heterocycles. The SMILES string of the molecule is COc1cccc2c(C)cc(=O)n(Cc3ccc(C)cc3)c12. The lowest BCUT2D eigenvalue weighted by molar-refractivity contribution is 0.417. The third-order valence-corrected chi connectivity index (χ3v) is 3.98. The molecule has 0 fully saturated rings. The van der Waals surface area contributed by atoms with Crippen LogP contribution < -0.4 is 10.3 Å². The van der Waals surface area contributed by atoms with E-state index >= 15 is 0 Å². The Bertz CT molecular complexity index is 876. The van der Waals surface area contributed by atoms with Gasteiger partial charge in [-0.1, -0.05) is 42.0 Å². The van der Waals surface area contributed by atoms with Crippen molar-refractivity contribution in [3.8, 4) is 5.75 Å². The molecule has 1 heterocycles. The topological polar surface area (TPSA) is 31.2 Å². The fourth-order valence-corrected chi connectivity index (χ4v) is 2.77. The number of hydrogen-bond donors (Lipinski definition) is 0. The summed E-state index contributed by atoms with van der Waals surface area (Å²) >= 11 is 0. The molecule has 22 heavy (non-hydrogen) atoms. The number of aryl methyl sites for hydroxylation is 2. The van der Waals surface area contributed by atoms with E-state index in [0.29, 0.717) is 6.54 Å². The van der Waals surface area contributed by atoms with Crippen LogP contribution in [0.15, 0.2) is 53.3 Å². The second-order valence-electron chi connectivity index (χ2n) is 5.59. The summed E-state index contributed by atoms with van der Waals surface area (Å²) in [6, 6.07) is 15.8. The molecule has 3 nitrogen and oxygen atoms in total. The summed E-state index contributed by atoms with van der Waals surface area (Å²) < 4.78 is 7.26. The standard InChI is InChI=1S/C19H19NO2/c1-13-7-9-15(10-8-13)12-20-18(21)11-14(2)16-5-4-6-17(22-3)19(16)20/h4-11H,12H2,1-3H3. The molecule has 2 aromatic carbocycles. The molecule has 0 spiro atoms. The van der Waals surface area contributed by atoms with E-state index in [4.69, 9.17) is 4.74 Å². The summed E-state index contributed by atoms with van der Waals surface area (Å²) in [5.74, 6) is 0.727. The predicted molar refractivity (Wildman–Crippen MR) is 89.8 cm³/mol. The van der Waals surface area contributed by atoms with Crippen molar-refractivity contribution in [2.24, 2.45) is 0 Å². The lowest BCUT2D eigenvalue weighted by atomic mass is 10.1. The Labute approximate surface area is 129 Å². The molecule has 3 aromatic rings. The van der Waals surface area contributed by atoms with Crippen LogP contribution >= 0.6 is 0 Å². The van der Waals surface area contributed by atoms with E-state index in [1.807, 2.05) is 25.1 Å². The predicted octanol–water partition coefficient (Wildman–Crippen LogP) is 3.68. The molecule has 0 radical (unpaired) electrons. The molecule has 0 unspecified atom stereocenters. The van der Waals surface area contributed by atoms with Crippen molar-refractivity contribution >= 4 is 10.9 Å². The molecule has 0 amide bonds. The number of para-hydroxylation sites is 1. The number of fused-ring (bicyclic) bond motifs is 1. The van der Waals surface area contributed by atoms with Crippen LogP contribution in [0.5, 0.6) is 5.75 Å². The number of rotatable bonds is 3. The Morgan fingerprint density at radius 1 is 1.05 bits per heavy atom. The van der Waals surface area contributed by atoms with Crippen LogP contribution in [0.2, 0.25) is 0 Å². The molecular formula is C19H19NO2. The maximum absolute atomic E-state index is 12.5. The summed E-state index contributed by atoms with van der Waals surface area (Å²) in [4.78, 5) is 12.5. The number of hydrogen-bond acceptors (Lipinski definition) is 2. The molecule has 3 heteroatoms. The molecule has 0 saturated carbocycles. The Morgan fingerprint density at radius 3 is 2.45 bits per heavy atom. The Kier molecular flexibility index (Phi) is 3.72. The number of aromatic nitrogens is 1. The fourth-order valence-electron chi connectivity index (χ4n) is 2.77. The maximum Gasteiger partial charge on any atom is 0.251 e. The Morgan fingerprint density at radius 2 is 1.77 bits per heavy atom. The lowest BCUT2D eigenvalue weighted by Gasteiger charge is -2.15. The number of ether oxygens (including phenoxy) is 1. The highest BCUT2D eigenvalue weighted by Crippen LogP contribution is 2.26. The van der Waals surface area contributed by atoms with Crippen molar-refractivity contribution in [2.75, 3.05) is 7.11 Å². The molecule has 1 aromatic heterocycles. The van der Waals surface area contributed by atoms with Crippen molar-refractivity contribution in [1.29, 1.82) is 0 Å². The van der Waals surface area contributed by atoms with Crippen molar-refractivity contribution in [1.82, 2.24) is 4.57 Å². The van der Waals surface area contributed by atoms with Crippen molar-refractivity contribution < 1.29 is 4.74 Å². The molecule has 0 aliphatic rings. The van der Waals surface area contributed by atoms with E-state index in [1.54, 1.807) is 17.7 Å². The Hall–Kier alpha value is -2.55. The normalized spacial score (nSPS) is 10.9. The number of methoxy groups -OCH3 is 1. The van der Waals surface area contributed by atoms with E-state index in [9.17, 15) is 4.79 Å². The molecule has 3 rings (SSSR count). The minimum atomic E-state index is -0.00456. The van der Waals surface area contributed by atoms with Gasteiger partial charge in [0.05, 0.1) is 19.2 Å². The van der Waals surface area contributed by atoms with Crippen LogP contribution in [-0.4, -0.2) is 11.7 Å². The quantitative estimate of drug-likeness (QED) is 0.737. The van der Waals surface area contributed by atoms with Gasteiger partial charge in [0, 0.05) is 11.5 Å². The van der Waals surface area contributed by atoms with Crippen molar-refractivity contribution in [2.45, 2.75) is 20.4 Å². The van der Waals surface area contributed by atoms with Crippen molar-refractivity contribution in [3.05, 3.63) is 75.6 Å². The first-order valence-electron chi connectivity index (χ1n) is 7.33. The van der Waals surface area contributed by atoms with Gasteiger partial charge in [-0.15, -0.1) is 0 Å². The van der Waals surface area contributed by atoms with Gasteiger partial charge in [0.2, 0.25) is 0 Å². The van der Waals surface area contributed by atoms with E-state index in [0.717, 1.165) is 27.8 Å². The zero-order valence-corrected chi connectivity index (χ0v) is 13.1. The van der Waals surface area contributed by atoms with E-state index in [-0.39, 0.29) is 5.56 Å². The van der Waals surface area contributed by atoms with Gasteiger partial charge in [0.15, 0.2) is 0 Å². The zero-order valence-electron chi connectivity index (χ0n) is 13.1. The smallest absolute Gasteiger partial charge is 0.251 e. The lowest BCUT2D eigenvalue weighted by Crippen LogP contribution is -2.21. The van der Waals surface area contributed by atoms with Gasteiger partial charge in [0.1, 0.15) is 5.75 Å². The van der Waals surface area contributed by atoms with Gasteiger partial charge >= 0.3 is 0 Å². The monoisotopic (exact) mass is 293 g/mol. The second-order valence-corrected chi connectivity index (χ2v) is 5.59.